The van der Waals surface area contributed by atoms with Crippen LogP contribution >= 0.6 is 11.6 Å². The second-order valence-corrected chi connectivity index (χ2v) is 5.49. The number of hydrogen-bond donors (Lipinski definition) is 1. The van der Waals surface area contributed by atoms with Gasteiger partial charge in [-0.15, -0.1) is 0 Å². The van der Waals surface area contributed by atoms with Crippen molar-refractivity contribution in [2.24, 2.45) is 5.92 Å². The van der Waals surface area contributed by atoms with Crippen molar-refractivity contribution < 1.29 is 14.3 Å². The van der Waals surface area contributed by atoms with Gasteiger partial charge in [-0.2, -0.15) is 0 Å². The smallest absolute Gasteiger partial charge is 0.325 e. The monoisotopic (exact) mass is 312 g/mol. The van der Waals surface area contributed by atoms with Gasteiger partial charge in [-0.3, -0.25) is 9.59 Å². The highest BCUT2D eigenvalue weighted by Crippen LogP contribution is 2.23. The number of hydrogen-bond acceptors (Lipinski definition) is 4. The van der Waals surface area contributed by atoms with E-state index in [1.54, 1.807) is 25.1 Å². The summed E-state index contributed by atoms with van der Waals surface area (Å²) < 4.78 is 4.90. The molecule has 21 heavy (non-hydrogen) atoms. The number of benzene rings is 1. The molecule has 0 aliphatic heterocycles. The van der Waals surface area contributed by atoms with Crippen LogP contribution in [-0.4, -0.2) is 36.5 Å². The third kappa shape index (κ3) is 4.93. The van der Waals surface area contributed by atoms with E-state index in [0.717, 1.165) is 0 Å². The average Bonchev–Trinajstić information content (AvgIpc) is 2.40. The van der Waals surface area contributed by atoms with E-state index in [1.807, 2.05) is 13.8 Å². The van der Waals surface area contributed by atoms with Gasteiger partial charge in [0.1, 0.15) is 6.54 Å². The number of carbonyl (C=O) groups excluding carboxylic acids is 2. The Morgan fingerprint density at radius 1 is 1.38 bits per heavy atom. The van der Waals surface area contributed by atoms with Crippen LogP contribution in [-0.2, 0) is 9.53 Å². The van der Waals surface area contributed by atoms with Gasteiger partial charge < -0.3 is 15.4 Å². The molecule has 0 radical (unpaired) electrons. The van der Waals surface area contributed by atoms with Crippen molar-refractivity contribution in [1.82, 2.24) is 4.90 Å². The Morgan fingerprint density at radius 2 is 2.05 bits per heavy atom. The number of para-hydroxylation sites is 1. The fraction of sp³-hybridized carbons (Fsp3) is 0.467. The number of amides is 1. The van der Waals surface area contributed by atoms with Gasteiger partial charge >= 0.3 is 5.97 Å². The zero-order valence-corrected chi connectivity index (χ0v) is 13.3. The Morgan fingerprint density at radius 3 is 2.62 bits per heavy atom. The predicted molar refractivity (Wildman–Crippen MR) is 83.2 cm³/mol. The van der Waals surface area contributed by atoms with Crippen LogP contribution in [0.5, 0.6) is 0 Å². The summed E-state index contributed by atoms with van der Waals surface area (Å²) in [4.78, 5) is 25.7. The van der Waals surface area contributed by atoms with Crippen LogP contribution in [0.3, 0.4) is 0 Å². The van der Waals surface area contributed by atoms with Crippen LogP contribution < -0.4 is 5.73 Å². The molecule has 1 aromatic rings. The molecule has 1 aromatic carbocycles. The molecule has 0 saturated heterocycles. The molecule has 116 valence electrons. The van der Waals surface area contributed by atoms with Gasteiger partial charge in [0.05, 0.1) is 22.9 Å². The molecule has 0 aromatic heterocycles. The summed E-state index contributed by atoms with van der Waals surface area (Å²) >= 11 is 5.94. The number of halogens is 1. The van der Waals surface area contributed by atoms with E-state index in [-0.39, 0.29) is 30.7 Å². The molecule has 2 N–H and O–H groups in total. The van der Waals surface area contributed by atoms with E-state index >= 15 is 0 Å². The predicted octanol–water partition coefficient (Wildman–Crippen LogP) is 2.58. The van der Waals surface area contributed by atoms with Crippen molar-refractivity contribution in [2.45, 2.75) is 20.8 Å². The number of carbonyl (C=O) groups is 2. The first kappa shape index (κ1) is 17.3. The fourth-order valence-electron chi connectivity index (χ4n) is 1.92. The molecule has 0 atom stereocenters. The lowest BCUT2D eigenvalue weighted by Crippen LogP contribution is -2.39. The van der Waals surface area contributed by atoms with Crippen molar-refractivity contribution in [1.29, 1.82) is 0 Å². The molecule has 0 aliphatic rings. The summed E-state index contributed by atoms with van der Waals surface area (Å²) in [6.45, 7) is 6.27. The zero-order valence-electron chi connectivity index (χ0n) is 12.6. The maximum Gasteiger partial charge on any atom is 0.325 e. The van der Waals surface area contributed by atoms with E-state index < -0.39 is 5.97 Å². The molecule has 0 unspecified atom stereocenters. The topological polar surface area (TPSA) is 72.6 Å². The lowest BCUT2D eigenvalue weighted by atomic mass is 10.1. The first-order valence-electron chi connectivity index (χ1n) is 6.85. The molecule has 0 heterocycles. The van der Waals surface area contributed by atoms with E-state index in [1.165, 1.54) is 4.90 Å². The van der Waals surface area contributed by atoms with Gasteiger partial charge in [0.15, 0.2) is 0 Å². The Hall–Kier alpha value is -1.75. The Labute approximate surface area is 130 Å². The minimum atomic E-state index is -0.438. The molecular weight excluding hydrogens is 292 g/mol. The van der Waals surface area contributed by atoms with Crippen molar-refractivity contribution in [3.8, 4) is 0 Å². The minimum Gasteiger partial charge on any atom is -0.465 e. The Kier molecular flexibility index (Phi) is 6.49. The Bertz CT molecular complexity index is 518. The number of esters is 1. The van der Waals surface area contributed by atoms with Crippen LogP contribution in [0.15, 0.2) is 18.2 Å². The van der Waals surface area contributed by atoms with E-state index in [2.05, 4.69) is 0 Å². The molecule has 0 spiro atoms. The quantitative estimate of drug-likeness (QED) is 0.647. The molecule has 1 rings (SSSR count). The molecule has 6 heteroatoms. The largest absolute Gasteiger partial charge is 0.465 e. The number of nitrogens with zero attached hydrogens (tertiary/aromatic N) is 1. The van der Waals surface area contributed by atoms with Crippen molar-refractivity contribution in [3.05, 3.63) is 28.8 Å². The van der Waals surface area contributed by atoms with E-state index in [9.17, 15) is 9.59 Å². The molecule has 0 aliphatic carbocycles. The van der Waals surface area contributed by atoms with E-state index in [4.69, 9.17) is 22.1 Å². The second-order valence-electron chi connectivity index (χ2n) is 5.09. The van der Waals surface area contributed by atoms with Crippen LogP contribution in [0.25, 0.3) is 0 Å². The minimum absolute atomic E-state index is 0.100. The summed E-state index contributed by atoms with van der Waals surface area (Å²) in [7, 11) is 0. The number of ether oxygens (including phenoxy) is 1. The van der Waals surface area contributed by atoms with Crippen LogP contribution in [0.4, 0.5) is 5.69 Å². The summed E-state index contributed by atoms with van der Waals surface area (Å²) in [5.74, 6) is -0.548. The standard InChI is InChI=1S/C15H21ClN2O3/c1-4-21-13(19)9-18(8-10(2)3)15(20)11-6-5-7-12(16)14(11)17/h5-7,10H,4,8-9,17H2,1-3H3. The maximum absolute atomic E-state index is 12.6. The van der Waals surface area contributed by atoms with Gasteiger partial charge in [0, 0.05) is 6.54 Å². The average molecular weight is 313 g/mol. The third-order valence-electron chi connectivity index (χ3n) is 2.78. The maximum atomic E-state index is 12.6. The van der Waals surface area contributed by atoms with Crippen molar-refractivity contribution in [3.63, 3.8) is 0 Å². The summed E-state index contributed by atoms with van der Waals surface area (Å²) in [5, 5.41) is 0.321. The van der Waals surface area contributed by atoms with Gasteiger partial charge in [-0.05, 0) is 25.0 Å². The molecule has 0 bridgehead atoms. The highest BCUT2D eigenvalue weighted by atomic mass is 35.5. The number of nitrogen functional groups attached to an aromatic ring is 1. The highest BCUT2D eigenvalue weighted by molar-refractivity contribution is 6.33. The lowest BCUT2D eigenvalue weighted by Gasteiger charge is -2.24. The van der Waals surface area contributed by atoms with Gasteiger partial charge in [-0.1, -0.05) is 31.5 Å². The molecular formula is C15H21ClN2O3. The molecule has 1 amide bonds. The van der Waals surface area contributed by atoms with Gasteiger partial charge in [0.2, 0.25) is 0 Å². The summed E-state index contributed by atoms with van der Waals surface area (Å²) in [5.41, 5.74) is 6.37. The zero-order chi connectivity index (χ0) is 16.0. The number of anilines is 1. The first-order chi connectivity index (χ1) is 9.86. The Balaban J connectivity index is 2.99. The SMILES string of the molecule is CCOC(=O)CN(CC(C)C)C(=O)c1cccc(Cl)c1N. The second kappa shape index (κ2) is 7.88. The lowest BCUT2D eigenvalue weighted by molar-refractivity contribution is -0.143. The third-order valence-corrected chi connectivity index (χ3v) is 3.11. The summed E-state index contributed by atoms with van der Waals surface area (Å²) in [6.07, 6.45) is 0. The van der Waals surface area contributed by atoms with Crippen LogP contribution in [0, 0.1) is 5.92 Å². The van der Waals surface area contributed by atoms with Crippen molar-refractivity contribution in [2.75, 3.05) is 25.4 Å². The van der Waals surface area contributed by atoms with Crippen LogP contribution in [0.1, 0.15) is 31.1 Å². The first-order valence-corrected chi connectivity index (χ1v) is 7.23. The van der Waals surface area contributed by atoms with Crippen LogP contribution in [0.2, 0.25) is 5.02 Å². The number of nitrogens with two attached hydrogens (primary N) is 1. The molecule has 0 fully saturated rings. The summed E-state index contributed by atoms with van der Waals surface area (Å²) in [6, 6.07) is 4.87. The normalized spacial score (nSPS) is 10.5. The fourth-order valence-corrected chi connectivity index (χ4v) is 2.09. The highest BCUT2D eigenvalue weighted by Gasteiger charge is 2.22. The van der Waals surface area contributed by atoms with Gasteiger partial charge in [0.25, 0.3) is 5.91 Å². The van der Waals surface area contributed by atoms with Gasteiger partial charge in [-0.25, -0.2) is 0 Å². The van der Waals surface area contributed by atoms with E-state index in [0.29, 0.717) is 17.1 Å². The van der Waals surface area contributed by atoms with Crippen molar-refractivity contribution >= 4 is 29.2 Å². The number of rotatable bonds is 6. The molecule has 0 saturated carbocycles. The molecule has 5 nitrogen and oxygen atoms in total.